The molecule has 0 bridgehead atoms. The van der Waals surface area contributed by atoms with Crippen molar-refractivity contribution in [1.82, 2.24) is 0 Å². The largest absolute Gasteiger partial charge is 0.328 e. The Bertz CT molecular complexity index is 156. The molecule has 0 aliphatic rings. The van der Waals surface area contributed by atoms with Crippen LogP contribution in [0.15, 0.2) is 24.3 Å². The van der Waals surface area contributed by atoms with Crippen molar-refractivity contribution in [2.45, 2.75) is 33.7 Å². The van der Waals surface area contributed by atoms with Crippen LogP contribution in [0.4, 0.5) is 0 Å². The van der Waals surface area contributed by atoms with Crippen molar-refractivity contribution in [2.24, 2.45) is 17.6 Å². The summed E-state index contributed by atoms with van der Waals surface area (Å²) in [5.41, 5.74) is 5.79. The third kappa shape index (κ3) is 4.35. The van der Waals surface area contributed by atoms with Gasteiger partial charge in [-0.05, 0) is 25.7 Å². The molecule has 12 heavy (non-hydrogen) atoms. The van der Waals surface area contributed by atoms with Gasteiger partial charge in [0, 0.05) is 6.04 Å². The first-order valence-electron chi connectivity index (χ1n) is 4.64. The molecule has 0 aromatic heterocycles. The van der Waals surface area contributed by atoms with Gasteiger partial charge in [0.2, 0.25) is 0 Å². The van der Waals surface area contributed by atoms with Crippen LogP contribution >= 0.6 is 0 Å². The van der Waals surface area contributed by atoms with E-state index in [4.69, 9.17) is 5.73 Å². The Balaban J connectivity index is 3.93. The third-order valence-corrected chi connectivity index (χ3v) is 2.38. The second kappa shape index (κ2) is 6.01. The molecule has 0 saturated heterocycles. The number of nitrogens with two attached hydrogens (primary N) is 1. The fourth-order valence-corrected chi connectivity index (χ4v) is 1.00. The summed E-state index contributed by atoms with van der Waals surface area (Å²) < 4.78 is 0. The fraction of sp³-hybridized carbons (Fsp3) is 0.636. The molecule has 1 heteroatoms. The van der Waals surface area contributed by atoms with Crippen molar-refractivity contribution in [3.63, 3.8) is 0 Å². The van der Waals surface area contributed by atoms with Gasteiger partial charge in [-0.25, -0.2) is 0 Å². The van der Waals surface area contributed by atoms with Crippen LogP contribution in [-0.2, 0) is 0 Å². The van der Waals surface area contributed by atoms with Crippen molar-refractivity contribution >= 4 is 0 Å². The van der Waals surface area contributed by atoms with E-state index in [1.165, 1.54) is 0 Å². The molecule has 0 unspecified atom stereocenters. The predicted molar refractivity (Wildman–Crippen MR) is 55.9 cm³/mol. The molecule has 0 radical (unpaired) electrons. The molecule has 0 heterocycles. The second-order valence-corrected chi connectivity index (χ2v) is 3.49. The average molecular weight is 167 g/mol. The van der Waals surface area contributed by atoms with Crippen LogP contribution < -0.4 is 5.73 Å². The number of hydrogen-bond acceptors (Lipinski definition) is 1. The first kappa shape index (κ1) is 11.4. The van der Waals surface area contributed by atoms with Crippen LogP contribution in [0.5, 0.6) is 0 Å². The Morgan fingerprint density at radius 2 is 1.67 bits per heavy atom. The highest BCUT2D eigenvalue weighted by Gasteiger charge is 2.12. The van der Waals surface area contributed by atoms with Gasteiger partial charge in [0.1, 0.15) is 0 Å². The maximum atomic E-state index is 5.79. The summed E-state index contributed by atoms with van der Waals surface area (Å²) in [6.07, 6.45) is 8.36. The number of allylic oxidation sites excluding steroid dienone is 4. The maximum absolute atomic E-state index is 5.79. The molecule has 0 rings (SSSR count). The van der Waals surface area contributed by atoms with E-state index in [2.05, 4.69) is 32.9 Å². The SMILES string of the molecule is C/C=C\C=C/[C@@H](C)[C@@H](C)[C@@H](C)N. The summed E-state index contributed by atoms with van der Waals surface area (Å²) in [5.74, 6) is 1.10. The molecule has 0 spiro atoms. The zero-order valence-corrected chi connectivity index (χ0v) is 8.62. The van der Waals surface area contributed by atoms with Crippen LogP contribution in [0.3, 0.4) is 0 Å². The van der Waals surface area contributed by atoms with Crippen LogP contribution in [0.1, 0.15) is 27.7 Å². The zero-order chi connectivity index (χ0) is 9.56. The molecule has 0 fully saturated rings. The predicted octanol–water partition coefficient (Wildman–Crippen LogP) is 2.74. The molecule has 1 nitrogen and oxygen atoms in total. The van der Waals surface area contributed by atoms with Gasteiger partial charge in [0.25, 0.3) is 0 Å². The van der Waals surface area contributed by atoms with Gasteiger partial charge in [-0.2, -0.15) is 0 Å². The molecule has 0 aromatic carbocycles. The van der Waals surface area contributed by atoms with E-state index in [0.29, 0.717) is 11.8 Å². The lowest BCUT2D eigenvalue weighted by atomic mass is 9.90. The standard InChI is InChI=1S/C11H21N/c1-5-6-7-8-9(2)10(3)11(4)12/h5-11H,12H2,1-4H3/b6-5-,8-7-/t9-,10-,11-/m1/s1. The normalized spacial score (nSPS) is 20.1. The Hall–Kier alpha value is -0.560. The second-order valence-electron chi connectivity index (χ2n) is 3.49. The highest BCUT2D eigenvalue weighted by atomic mass is 14.6. The summed E-state index contributed by atoms with van der Waals surface area (Å²) in [5, 5.41) is 0. The van der Waals surface area contributed by atoms with E-state index in [1.807, 2.05) is 19.1 Å². The Morgan fingerprint density at radius 1 is 1.08 bits per heavy atom. The molecule has 0 aliphatic carbocycles. The molecular weight excluding hydrogens is 146 g/mol. The topological polar surface area (TPSA) is 26.0 Å². The summed E-state index contributed by atoms with van der Waals surface area (Å²) in [4.78, 5) is 0. The van der Waals surface area contributed by atoms with Crippen molar-refractivity contribution in [3.05, 3.63) is 24.3 Å². The lowest BCUT2D eigenvalue weighted by Gasteiger charge is -2.19. The van der Waals surface area contributed by atoms with Gasteiger partial charge in [-0.15, -0.1) is 0 Å². The van der Waals surface area contributed by atoms with Crippen molar-refractivity contribution in [3.8, 4) is 0 Å². The van der Waals surface area contributed by atoms with Crippen molar-refractivity contribution in [2.75, 3.05) is 0 Å². The molecule has 0 aliphatic heterocycles. The average Bonchev–Trinajstić information content (AvgIpc) is 2.03. The lowest BCUT2D eigenvalue weighted by Crippen LogP contribution is -2.28. The highest BCUT2D eigenvalue weighted by molar-refractivity contribution is 5.03. The van der Waals surface area contributed by atoms with Crippen LogP contribution in [0.25, 0.3) is 0 Å². The first-order valence-corrected chi connectivity index (χ1v) is 4.64. The summed E-state index contributed by atoms with van der Waals surface area (Å²) in [6, 6.07) is 0.273. The van der Waals surface area contributed by atoms with E-state index in [0.717, 1.165) is 0 Å². The monoisotopic (exact) mass is 167 g/mol. The van der Waals surface area contributed by atoms with Crippen molar-refractivity contribution < 1.29 is 0 Å². The minimum Gasteiger partial charge on any atom is -0.328 e. The smallest absolute Gasteiger partial charge is 0.00416 e. The van der Waals surface area contributed by atoms with E-state index in [1.54, 1.807) is 0 Å². The van der Waals surface area contributed by atoms with E-state index in [9.17, 15) is 0 Å². The molecular formula is C11H21N. The van der Waals surface area contributed by atoms with Crippen LogP contribution in [0.2, 0.25) is 0 Å². The molecule has 2 N–H and O–H groups in total. The zero-order valence-electron chi connectivity index (χ0n) is 8.62. The molecule has 70 valence electrons. The Morgan fingerprint density at radius 3 is 2.08 bits per heavy atom. The fourth-order valence-electron chi connectivity index (χ4n) is 1.00. The van der Waals surface area contributed by atoms with E-state index >= 15 is 0 Å². The van der Waals surface area contributed by atoms with Gasteiger partial charge >= 0.3 is 0 Å². The van der Waals surface area contributed by atoms with Crippen molar-refractivity contribution in [1.29, 1.82) is 0 Å². The summed E-state index contributed by atoms with van der Waals surface area (Å²) >= 11 is 0. The van der Waals surface area contributed by atoms with Gasteiger partial charge in [0.15, 0.2) is 0 Å². The van der Waals surface area contributed by atoms with Crippen LogP contribution in [-0.4, -0.2) is 6.04 Å². The molecule has 3 atom stereocenters. The third-order valence-electron chi connectivity index (χ3n) is 2.38. The van der Waals surface area contributed by atoms with Gasteiger partial charge in [-0.1, -0.05) is 38.2 Å². The minimum atomic E-state index is 0.273. The number of rotatable bonds is 4. The van der Waals surface area contributed by atoms with Crippen LogP contribution in [0, 0.1) is 11.8 Å². The van der Waals surface area contributed by atoms with Gasteiger partial charge in [-0.3, -0.25) is 0 Å². The summed E-state index contributed by atoms with van der Waals surface area (Å²) in [6.45, 7) is 8.47. The van der Waals surface area contributed by atoms with Gasteiger partial charge < -0.3 is 5.73 Å². The first-order chi connectivity index (χ1) is 5.59. The van der Waals surface area contributed by atoms with Gasteiger partial charge in [0.05, 0.1) is 0 Å². The number of hydrogen-bond donors (Lipinski definition) is 1. The minimum absolute atomic E-state index is 0.273. The molecule has 0 saturated carbocycles. The van der Waals surface area contributed by atoms with E-state index in [-0.39, 0.29) is 6.04 Å². The lowest BCUT2D eigenvalue weighted by molar-refractivity contribution is 0.393. The summed E-state index contributed by atoms with van der Waals surface area (Å²) in [7, 11) is 0. The maximum Gasteiger partial charge on any atom is 0.00416 e. The molecule has 0 aromatic rings. The Labute approximate surface area is 76.3 Å². The Kier molecular flexibility index (Phi) is 5.73. The quantitative estimate of drug-likeness (QED) is 0.640. The molecule has 0 amide bonds. The van der Waals surface area contributed by atoms with E-state index < -0.39 is 0 Å². The highest BCUT2D eigenvalue weighted by Crippen LogP contribution is 2.14.